The van der Waals surface area contributed by atoms with Gasteiger partial charge in [0.05, 0.1) is 4.92 Å². The number of nitrogens with zero attached hydrogens (tertiary/aromatic N) is 1. The summed E-state index contributed by atoms with van der Waals surface area (Å²) in [5.41, 5.74) is 0.360. The van der Waals surface area contributed by atoms with E-state index in [1.807, 2.05) is 13.8 Å². The number of nitro groups is 1. The first-order valence-electron chi connectivity index (χ1n) is 5.44. The molecule has 0 saturated carbocycles. The summed E-state index contributed by atoms with van der Waals surface area (Å²) in [4.78, 5) is 10.2. The molecule has 1 aromatic rings. The molecule has 96 valence electrons. The van der Waals surface area contributed by atoms with Crippen molar-refractivity contribution in [3.63, 3.8) is 0 Å². The number of nitrogens with one attached hydrogen (secondary N) is 1. The summed E-state index contributed by atoms with van der Waals surface area (Å²) in [6, 6.07) is 4.43. The van der Waals surface area contributed by atoms with Crippen molar-refractivity contribution in [1.29, 1.82) is 0 Å². The van der Waals surface area contributed by atoms with E-state index < -0.39 is 4.92 Å². The van der Waals surface area contributed by atoms with Gasteiger partial charge in [-0.15, -0.1) is 0 Å². The van der Waals surface area contributed by atoms with E-state index in [0.717, 1.165) is 0 Å². The van der Waals surface area contributed by atoms with Gasteiger partial charge < -0.3 is 10.4 Å². The average molecular weight is 261 g/mol. The highest BCUT2D eigenvalue weighted by atomic mass is 35.5. The Balaban J connectivity index is 0.00000121. The molecule has 0 unspecified atom stereocenters. The molecular weight excluding hydrogens is 244 g/mol. The third-order valence-electron chi connectivity index (χ3n) is 1.81. The van der Waals surface area contributed by atoms with Crippen LogP contribution in [0.5, 0.6) is 0 Å². The molecule has 17 heavy (non-hydrogen) atoms. The number of aliphatic hydroxyl groups is 1. The van der Waals surface area contributed by atoms with Gasteiger partial charge in [-0.25, -0.2) is 0 Å². The van der Waals surface area contributed by atoms with Crippen LogP contribution in [0.15, 0.2) is 18.2 Å². The Morgan fingerprint density at radius 2 is 2.12 bits per heavy atom. The van der Waals surface area contributed by atoms with Gasteiger partial charge in [0.2, 0.25) is 0 Å². The van der Waals surface area contributed by atoms with Crippen molar-refractivity contribution >= 4 is 23.0 Å². The van der Waals surface area contributed by atoms with Gasteiger partial charge in [-0.05, 0) is 18.6 Å². The number of rotatable bonds is 5. The minimum Gasteiger partial charge on any atom is -0.396 e. The molecule has 0 amide bonds. The normalized spacial score (nSPS) is 9.18. The number of aliphatic hydroxyl groups excluding tert-OH is 1. The van der Waals surface area contributed by atoms with Crippen LogP contribution in [0, 0.1) is 10.1 Å². The molecule has 0 bridgehead atoms. The fraction of sp³-hybridized carbons (Fsp3) is 0.455. The molecule has 0 spiro atoms. The Labute approximate surface area is 106 Å². The predicted molar refractivity (Wildman–Crippen MR) is 69.6 cm³/mol. The molecule has 0 saturated heterocycles. The number of anilines is 1. The van der Waals surface area contributed by atoms with Crippen LogP contribution in [-0.4, -0.2) is 23.2 Å². The van der Waals surface area contributed by atoms with Crippen LogP contribution in [0.4, 0.5) is 11.4 Å². The Hall–Kier alpha value is -1.33. The second kappa shape index (κ2) is 8.78. The highest BCUT2D eigenvalue weighted by Crippen LogP contribution is 2.27. The number of benzene rings is 1. The van der Waals surface area contributed by atoms with E-state index in [1.54, 1.807) is 12.1 Å². The second-order valence-electron chi connectivity index (χ2n) is 2.92. The van der Waals surface area contributed by atoms with Gasteiger partial charge in [0.15, 0.2) is 0 Å². The lowest BCUT2D eigenvalue weighted by Gasteiger charge is -2.05. The molecule has 0 fully saturated rings. The summed E-state index contributed by atoms with van der Waals surface area (Å²) < 4.78 is 0. The summed E-state index contributed by atoms with van der Waals surface area (Å²) >= 11 is 5.65. The molecule has 0 atom stereocenters. The number of hydrogen-bond donors (Lipinski definition) is 2. The zero-order valence-corrected chi connectivity index (χ0v) is 10.7. The topological polar surface area (TPSA) is 75.4 Å². The van der Waals surface area contributed by atoms with E-state index in [9.17, 15) is 10.1 Å². The van der Waals surface area contributed by atoms with Crippen LogP contribution in [0.2, 0.25) is 5.02 Å². The van der Waals surface area contributed by atoms with Gasteiger partial charge in [-0.3, -0.25) is 10.1 Å². The second-order valence-corrected chi connectivity index (χ2v) is 3.36. The van der Waals surface area contributed by atoms with Gasteiger partial charge in [0, 0.05) is 24.2 Å². The molecular formula is C11H17ClN2O3. The van der Waals surface area contributed by atoms with E-state index in [0.29, 0.717) is 23.7 Å². The SMILES string of the molecule is CC.O=[N+]([O-])c1cc(Cl)ccc1NCCCO. The first kappa shape index (κ1) is 15.7. The fourth-order valence-corrected chi connectivity index (χ4v) is 1.27. The quantitative estimate of drug-likeness (QED) is 0.485. The maximum absolute atomic E-state index is 10.7. The molecule has 1 aromatic carbocycles. The van der Waals surface area contributed by atoms with E-state index >= 15 is 0 Å². The third-order valence-corrected chi connectivity index (χ3v) is 2.04. The maximum atomic E-state index is 10.7. The first-order valence-corrected chi connectivity index (χ1v) is 5.81. The Morgan fingerprint density at radius 1 is 1.47 bits per heavy atom. The fourth-order valence-electron chi connectivity index (χ4n) is 1.11. The van der Waals surface area contributed by atoms with Crippen molar-refractivity contribution in [2.75, 3.05) is 18.5 Å². The molecule has 1 rings (SSSR count). The van der Waals surface area contributed by atoms with E-state index in [-0.39, 0.29) is 12.3 Å². The van der Waals surface area contributed by atoms with E-state index in [1.165, 1.54) is 6.07 Å². The monoisotopic (exact) mass is 260 g/mol. The standard InChI is InChI=1S/C9H11ClN2O3.C2H6/c10-7-2-3-8(11-4-1-5-13)9(6-7)12(14)15;1-2/h2-3,6,11,13H,1,4-5H2;1-2H3. The van der Waals surface area contributed by atoms with Crippen LogP contribution in [0.3, 0.4) is 0 Å². The van der Waals surface area contributed by atoms with Crippen LogP contribution >= 0.6 is 11.6 Å². The van der Waals surface area contributed by atoms with Crippen LogP contribution in [0.25, 0.3) is 0 Å². The molecule has 6 heteroatoms. The Morgan fingerprint density at radius 3 is 2.65 bits per heavy atom. The Bertz CT molecular complexity index is 359. The minimum absolute atomic E-state index is 0.0500. The van der Waals surface area contributed by atoms with Crippen molar-refractivity contribution < 1.29 is 10.0 Å². The van der Waals surface area contributed by atoms with Crippen molar-refractivity contribution in [1.82, 2.24) is 0 Å². The summed E-state index contributed by atoms with van der Waals surface area (Å²) in [5, 5.41) is 22.4. The highest BCUT2D eigenvalue weighted by Gasteiger charge is 2.13. The van der Waals surface area contributed by atoms with Gasteiger partial charge >= 0.3 is 0 Å². The molecule has 0 aliphatic heterocycles. The van der Waals surface area contributed by atoms with E-state index in [2.05, 4.69) is 5.32 Å². The maximum Gasteiger partial charge on any atom is 0.293 e. The lowest BCUT2D eigenvalue weighted by atomic mass is 10.2. The molecule has 5 nitrogen and oxygen atoms in total. The molecule has 2 N–H and O–H groups in total. The molecule has 0 heterocycles. The number of nitro benzene ring substituents is 1. The molecule has 0 radical (unpaired) electrons. The lowest BCUT2D eigenvalue weighted by Crippen LogP contribution is -2.05. The van der Waals surface area contributed by atoms with Crippen LogP contribution < -0.4 is 5.32 Å². The average Bonchev–Trinajstić information content (AvgIpc) is 2.33. The molecule has 0 aliphatic rings. The summed E-state index contributed by atoms with van der Waals surface area (Å²) in [5.74, 6) is 0. The third kappa shape index (κ3) is 5.51. The number of halogens is 1. The lowest BCUT2D eigenvalue weighted by molar-refractivity contribution is -0.383. The molecule has 0 aromatic heterocycles. The van der Waals surface area contributed by atoms with E-state index in [4.69, 9.17) is 16.7 Å². The number of hydrogen-bond acceptors (Lipinski definition) is 4. The van der Waals surface area contributed by atoms with Crippen LogP contribution in [0.1, 0.15) is 20.3 Å². The smallest absolute Gasteiger partial charge is 0.293 e. The minimum atomic E-state index is -0.493. The summed E-state index contributed by atoms with van der Waals surface area (Å²) in [6.07, 6.45) is 0.541. The zero-order chi connectivity index (χ0) is 13.3. The summed E-state index contributed by atoms with van der Waals surface area (Å²) in [7, 11) is 0. The van der Waals surface area contributed by atoms with Crippen molar-refractivity contribution in [2.45, 2.75) is 20.3 Å². The summed E-state index contributed by atoms with van der Waals surface area (Å²) in [6.45, 7) is 4.54. The van der Waals surface area contributed by atoms with Crippen molar-refractivity contribution in [3.8, 4) is 0 Å². The van der Waals surface area contributed by atoms with Crippen molar-refractivity contribution in [3.05, 3.63) is 33.3 Å². The Kier molecular flexibility index (Phi) is 8.09. The van der Waals surface area contributed by atoms with Gasteiger partial charge in [0.1, 0.15) is 5.69 Å². The predicted octanol–water partition coefficient (Wildman–Crippen LogP) is 3.07. The largest absolute Gasteiger partial charge is 0.396 e. The van der Waals surface area contributed by atoms with Crippen molar-refractivity contribution in [2.24, 2.45) is 0 Å². The highest BCUT2D eigenvalue weighted by molar-refractivity contribution is 6.30. The van der Waals surface area contributed by atoms with Gasteiger partial charge in [-0.2, -0.15) is 0 Å². The molecule has 0 aliphatic carbocycles. The zero-order valence-electron chi connectivity index (χ0n) is 9.94. The van der Waals surface area contributed by atoms with Crippen LogP contribution in [-0.2, 0) is 0 Å². The van der Waals surface area contributed by atoms with Gasteiger partial charge in [0.25, 0.3) is 5.69 Å². The van der Waals surface area contributed by atoms with Gasteiger partial charge in [-0.1, -0.05) is 25.4 Å². The first-order chi connectivity index (χ1) is 8.15.